The minimum Gasteiger partial charge on any atom is -0.457 e. The first kappa shape index (κ1) is 23.1. The van der Waals surface area contributed by atoms with E-state index in [1.165, 1.54) is 52.0 Å². The fourth-order valence-electron chi connectivity index (χ4n) is 3.50. The van der Waals surface area contributed by atoms with Crippen molar-refractivity contribution < 1.29 is 37.0 Å². The predicted octanol–water partition coefficient (Wildman–Crippen LogP) is 5.84. The Morgan fingerprint density at radius 1 is 0.903 bits per heavy atom. The van der Waals surface area contributed by atoms with Crippen LogP contribution in [-0.2, 0) is 14.3 Å². The summed E-state index contributed by atoms with van der Waals surface area (Å²) >= 11 is 5.82. The van der Waals surface area contributed by atoms with E-state index in [0.717, 1.165) is 6.07 Å². The van der Waals surface area contributed by atoms with E-state index in [9.17, 15) is 22.8 Å². The molecular formula is C22H20ClF3O5. The molecule has 2 aromatic rings. The first-order valence-corrected chi connectivity index (χ1v) is 9.69. The Kier molecular flexibility index (Phi) is 5.84. The van der Waals surface area contributed by atoms with Gasteiger partial charge >= 0.3 is 6.36 Å². The van der Waals surface area contributed by atoms with Crippen molar-refractivity contribution >= 4 is 23.2 Å². The number of benzene rings is 2. The van der Waals surface area contributed by atoms with Gasteiger partial charge in [0, 0.05) is 16.7 Å². The highest BCUT2D eigenvalue weighted by Crippen LogP contribution is 2.43. The molecule has 1 heterocycles. The maximum absolute atomic E-state index is 13.1. The molecule has 9 heteroatoms. The molecule has 0 aromatic heterocycles. The van der Waals surface area contributed by atoms with Gasteiger partial charge in [0.15, 0.2) is 11.6 Å². The summed E-state index contributed by atoms with van der Waals surface area (Å²) in [5.41, 5.74) is -2.97. The van der Waals surface area contributed by atoms with E-state index in [0.29, 0.717) is 10.8 Å². The predicted molar refractivity (Wildman–Crippen MR) is 107 cm³/mol. The third-order valence-corrected chi connectivity index (χ3v) is 5.04. The second-order valence-corrected chi connectivity index (χ2v) is 8.52. The number of halogens is 4. The Labute approximate surface area is 182 Å². The van der Waals surface area contributed by atoms with Gasteiger partial charge in [0.05, 0.1) is 0 Å². The zero-order valence-corrected chi connectivity index (χ0v) is 17.9. The van der Waals surface area contributed by atoms with Gasteiger partial charge in [0.1, 0.15) is 34.4 Å². The number of rotatable bonds is 4. The Morgan fingerprint density at radius 2 is 1.42 bits per heavy atom. The lowest BCUT2D eigenvalue weighted by Crippen LogP contribution is -2.57. The lowest BCUT2D eigenvalue weighted by Gasteiger charge is -2.42. The van der Waals surface area contributed by atoms with Crippen LogP contribution in [0.15, 0.2) is 42.5 Å². The van der Waals surface area contributed by atoms with Crippen molar-refractivity contribution in [1.29, 1.82) is 0 Å². The average Bonchev–Trinajstić information content (AvgIpc) is 2.62. The minimum absolute atomic E-state index is 0.0239. The van der Waals surface area contributed by atoms with Crippen molar-refractivity contribution in [2.24, 2.45) is 0 Å². The molecule has 0 N–H and O–H groups in total. The number of hydrogen-bond donors (Lipinski definition) is 0. The average molecular weight is 457 g/mol. The monoisotopic (exact) mass is 456 g/mol. The number of ether oxygens (including phenoxy) is 3. The minimum atomic E-state index is -5.05. The van der Waals surface area contributed by atoms with Crippen LogP contribution in [0.3, 0.4) is 0 Å². The number of carbonyl (C=O) groups excluding carboxylic acids is 2. The summed E-state index contributed by atoms with van der Waals surface area (Å²) in [6.45, 7) is 5.88. The highest BCUT2D eigenvalue weighted by atomic mass is 35.5. The molecule has 1 aliphatic heterocycles. The summed E-state index contributed by atoms with van der Waals surface area (Å²) in [7, 11) is 0. The Bertz CT molecular complexity index is 987. The largest absolute Gasteiger partial charge is 0.573 e. The van der Waals surface area contributed by atoms with Crippen LogP contribution in [0.1, 0.15) is 39.2 Å². The number of Topliss-reactive ketones (excluding diaryl/α,β-unsaturated/α-hetero) is 2. The van der Waals surface area contributed by atoms with Crippen LogP contribution in [0.4, 0.5) is 13.2 Å². The SMILES string of the molecule is CC1(C)OC(C)(C)C(=O)C(c2ccc(Oc3ccc(Cl)cc3)cc2OC(F)(F)F)C1=O. The Hall–Kier alpha value is -2.58. The molecule has 2 aromatic carbocycles. The molecule has 0 unspecified atom stereocenters. The Morgan fingerprint density at radius 3 is 1.94 bits per heavy atom. The molecule has 1 fully saturated rings. The lowest BCUT2D eigenvalue weighted by atomic mass is 9.75. The molecule has 0 atom stereocenters. The van der Waals surface area contributed by atoms with E-state index in [4.69, 9.17) is 21.1 Å². The fraction of sp³-hybridized carbons (Fsp3) is 0.364. The number of hydrogen-bond acceptors (Lipinski definition) is 5. The van der Waals surface area contributed by atoms with Crippen LogP contribution in [0.25, 0.3) is 0 Å². The second kappa shape index (κ2) is 7.84. The summed E-state index contributed by atoms with van der Waals surface area (Å²) in [6.07, 6.45) is -5.05. The van der Waals surface area contributed by atoms with Crippen molar-refractivity contribution in [3.05, 3.63) is 53.1 Å². The molecule has 0 saturated carbocycles. The first-order valence-electron chi connectivity index (χ1n) is 9.31. The topological polar surface area (TPSA) is 61.8 Å². The normalized spacial score (nSPS) is 18.7. The second-order valence-electron chi connectivity index (χ2n) is 8.09. The van der Waals surface area contributed by atoms with Gasteiger partial charge in [-0.25, -0.2) is 0 Å². The number of alkyl halides is 3. The van der Waals surface area contributed by atoms with Gasteiger partial charge in [0.25, 0.3) is 0 Å². The summed E-state index contributed by atoms with van der Waals surface area (Å²) < 4.78 is 54.7. The van der Waals surface area contributed by atoms with Crippen LogP contribution >= 0.6 is 11.6 Å². The van der Waals surface area contributed by atoms with E-state index < -0.39 is 40.8 Å². The van der Waals surface area contributed by atoms with E-state index in [-0.39, 0.29) is 11.3 Å². The van der Waals surface area contributed by atoms with Crippen molar-refractivity contribution in [2.45, 2.75) is 51.2 Å². The highest BCUT2D eigenvalue weighted by molar-refractivity contribution is 6.30. The van der Waals surface area contributed by atoms with Gasteiger partial charge in [-0.1, -0.05) is 17.7 Å². The lowest BCUT2D eigenvalue weighted by molar-refractivity contribution is -0.275. The quantitative estimate of drug-likeness (QED) is 0.541. The maximum atomic E-state index is 13.1. The Balaban J connectivity index is 2.07. The van der Waals surface area contributed by atoms with Crippen molar-refractivity contribution in [3.8, 4) is 17.2 Å². The van der Waals surface area contributed by atoms with Crippen LogP contribution in [0, 0.1) is 0 Å². The molecule has 0 bridgehead atoms. The summed E-state index contributed by atoms with van der Waals surface area (Å²) in [4.78, 5) is 25.9. The smallest absolute Gasteiger partial charge is 0.457 e. The molecule has 31 heavy (non-hydrogen) atoms. The van der Waals surface area contributed by atoms with E-state index in [2.05, 4.69) is 4.74 Å². The zero-order chi connectivity index (χ0) is 23.2. The zero-order valence-electron chi connectivity index (χ0n) is 17.2. The molecule has 0 spiro atoms. The highest BCUT2D eigenvalue weighted by Gasteiger charge is 2.54. The number of ketones is 2. The standard InChI is InChI=1S/C22H20ClF3O5/c1-20(2)18(27)17(19(28)21(3,4)31-20)15-10-9-14(11-16(15)30-22(24,25)26)29-13-7-5-12(23)6-8-13/h5-11,17H,1-4H3. The first-order chi connectivity index (χ1) is 14.2. The van der Waals surface area contributed by atoms with Crippen molar-refractivity contribution in [3.63, 3.8) is 0 Å². The van der Waals surface area contributed by atoms with Crippen LogP contribution < -0.4 is 9.47 Å². The molecule has 0 aliphatic carbocycles. The van der Waals surface area contributed by atoms with Gasteiger partial charge in [-0.2, -0.15) is 0 Å². The van der Waals surface area contributed by atoms with Gasteiger partial charge < -0.3 is 14.2 Å². The van der Waals surface area contributed by atoms with Crippen LogP contribution in [0.5, 0.6) is 17.2 Å². The maximum Gasteiger partial charge on any atom is 0.573 e. The van der Waals surface area contributed by atoms with Crippen molar-refractivity contribution in [2.75, 3.05) is 0 Å². The molecule has 3 rings (SSSR count). The van der Waals surface area contributed by atoms with Gasteiger partial charge in [-0.05, 0) is 58.0 Å². The van der Waals surface area contributed by atoms with Crippen LogP contribution in [-0.4, -0.2) is 29.1 Å². The fourth-order valence-corrected chi connectivity index (χ4v) is 3.63. The molecule has 1 aliphatic rings. The van der Waals surface area contributed by atoms with Crippen LogP contribution in [0.2, 0.25) is 5.02 Å². The molecule has 1 saturated heterocycles. The molecule has 0 radical (unpaired) electrons. The molecule has 5 nitrogen and oxygen atoms in total. The molecular weight excluding hydrogens is 437 g/mol. The van der Waals surface area contributed by atoms with E-state index in [1.807, 2.05) is 0 Å². The summed E-state index contributed by atoms with van der Waals surface area (Å²) in [5, 5.41) is 0.463. The van der Waals surface area contributed by atoms with Crippen molar-refractivity contribution in [1.82, 2.24) is 0 Å². The van der Waals surface area contributed by atoms with Gasteiger partial charge in [0.2, 0.25) is 0 Å². The summed E-state index contributed by atoms with van der Waals surface area (Å²) in [5.74, 6) is -3.14. The number of carbonyl (C=O) groups is 2. The third kappa shape index (κ3) is 5.02. The van der Waals surface area contributed by atoms with E-state index in [1.54, 1.807) is 12.1 Å². The van der Waals surface area contributed by atoms with Gasteiger partial charge in [-0.15, -0.1) is 13.2 Å². The third-order valence-electron chi connectivity index (χ3n) is 4.79. The van der Waals surface area contributed by atoms with E-state index >= 15 is 0 Å². The summed E-state index contributed by atoms with van der Waals surface area (Å²) in [6, 6.07) is 9.78. The molecule has 0 amide bonds. The van der Waals surface area contributed by atoms with Gasteiger partial charge in [-0.3, -0.25) is 9.59 Å². The molecule has 166 valence electrons.